The van der Waals surface area contributed by atoms with Crippen LogP contribution in [-0.2, 0) is 5.41 Å². The van der Waals surface area contributed by atoms with Crippen LogP contribution in [0, 0.1) is 0 Å². The van der Waals surface area contributed by atoms with Gasteiger partial charge in [-0.15, -0.1) is 0 Å². The Labute approximate surface area is 107 Å². The quantitative estimate of drug-likeness (QED) is 0.685. The van der Waals surface area contributed by atoms with Crippen molar-refractivity contribution in [2.45, 2.75) is 32.1 Å². The van der Waals surface area contributed by atoms with Crippen LogP contribution >= 0.6 is 31.9 Å². The first-order valence-electron chi connectivity index (χ1n) is 4.94. The lowest BCUT2D eigenvalue weighted by Crippen LogP contribution is -2.27. The predicted octanol–water partition coefficient (Wildman–Crippen LogP) is 4.47. The molecule has 0 unspecified atom stereocenters. The van der Waals surface area contributed by atoms with Crippen molar-refractivity contribution in [3.05, 3.63) is 32.2 Å². The highest BCUT2D eigenvalue weighted by Gasteiger charge is 2.33. The molecule has 0 heterocycles. The first-order chi connectivity index (χ1) is 6.92. The summed E-state index contributed by atoms with van der Waals surface area (Å²) in [7, 11) is 0. The summed E-state index contributed by atoms with van der Waals surface area (Å²) in [5.74, 6) is 0.256. The van der Waals surface area contributed by atoms with Crippen LogP contribution in [0.4, 0.5) is 0 Å². The van der Waals surface area contributed by atoms with Gasteiger partial charge in [-0.3, -0.25) is 4.79 Å². The minimum atomic E-state index is 0.0861. The van der Waals surface area contributed by atoms with Gasteiger partial charge in [-0.2, -0.15) is 0 Å². The van der Waals surface area contributed by atoms with Gasteiger partial charge in [0, 0.05) is 20.9 Å². The molecule has 0 spiro atoms. The Balaban J connectivity index is 2.73. The highest BCUT2D eigenvalue weighted by atomic mass is 79.9. The average Bonchev–Trinajstić information content (AvgIpc) is 2.10. The number of carbonyl (C=O) groups excluding carboxylic acids is 1. The van der Waals surface area contributed by atoms with Crippen molar-refractivity contribution in [3.63, 3.8) is 0 Å². The largest absolute Gasteiger partial charge is 0.294 e. The van der Waals surface area contributed by atoms with Crippen molar-refractivity contribution >= 4 is 37.6 Å². The number of halogens is 2. The van der Waals surface area contributed by atoms with Crippen molar-refractivity contribution in [1.29, 1.82) is 0 Å². The summed E-state index contributed by atoms with van der Waals surface area (Å²) < 4.78 is 1.99. The molecule has 0 saturated heterocycles. The Hall–Kier alpha value is -0.150. The number of carbonyl (C=O) groups is 1. The lowest BCUT2D eigenvalue weighted by atomic mass is 9.72. The fourth-order valence-corrected chi connectivity index (χ4v) is 3.93. The molecule has 0 bridgehead atoms. The smallest absolute Gasteiger partial charge is 0.163 e. The molecule has 0 saturated carbocycles. The maximum atomic E-state index is 11.8. The van der Waals surface area contributed by atoms with Gasteiger partial charge < -0.3 is 0 Å². The lowest BCUT2D eigenvalue weighted by Gasteiger charge is -2.32. The normalized spacial score (nSPS) is 18.8. The van der Waals surface area contributed by atoms with Crippen molar-refractivity contribution in [2.75, 3.05) is 0 Å². The average molecular weight is 332 g/mol. The van der Waals surface area contributed by atoms with Crippen molar-refractivity contribution in [3.8, 4) is 0 Å². The van der Waals surface area contributed by atoms with Gasteiger partial charge in [0.2, 0.25) is 0 Å². The second-order valence-electron chi connectivity index (χ2n) is 4.62. The van der Waals surface area contributed by atoms with E-state index in [1.54, 1.807) is 0 Å². The van der Waals surface area contributed by atoms with Crippen LogP contribution in [0.15, 0.2) is 21.1 Å². The van der Waals surface area contributed by atoms with Gasteiger partial charge in [0.15, 0.2) is 5.78 Å². The van der Waals surface area contributed by atoms with Crippen LogP contribution < -0.4 is 0 Å². The number of rotatable bonds is 0. The monoisotopic (exact) mass is 330 g/mol. The first-order valence-corrected chi connectivity index (χ1v) is 6.53. The molecule has 1 aromatic rings. The molecular formula is C12H12Br2O. The minimum Gasteiger partial charge on any atom is -0.294 e. The number of hydrogen-bond acceptors (Lipinski definition) is 1. The molecule has 1 aromatic carbocycles. The van der Waals surface area contributed by atoms with Crippen LogP contribution in [0.1, 0.15) is 42.6 Å². The molecule has 80 valence electrons. The molecule has 0 N–H and O–H groups in total. The molecule has 0 fully saturated rings. The Kier molecular flexibility index (Phi) is 2.80. The van der Waals surface area contributed by atoms with Gasteiger partial charge in [-0.25, -0.2) is 0 Å². The molecule has 0 aliphatic heterocycles. The molecule has 2 rings (SSSR count). The summed E-state index contributed by atoms with van der Waals surface area (Å²) in [5, 5.41) is 0. The van der Waals surface area contributed by atoms with E-state index in [0.717, 1.165) is 26.5 Å². The van der Waals surface area contributed by atoms with Crippen LogP contribution in [0.5, 0.6) is 0 Å². The van der Waals surface area contributed by atoms with Gasteiger partial charge >= 0.3 is 0 Å². The fourth-order valence-electron chi connectivity index (χ4n) is 2.17. The van der Waals surface area contributed by atoms with Gasteiger partial charge in [0.1, 0.15) is 0 Å². The molecule has 1 nitrogen and oxygen atoms in total. The Morgan fingerprint density at radius 2 is 1.93 bits per heavy atom. The van der Waals surface area contributed by atoms with Gasteiger partial charge in [-0.1, -0.05) is 45.7 Å². The molecule has 3 heteroatoms. The second-order valence-corrected chi connectivity index (χ2v) is 6.39. The Morgan fingerprint density at radius 1 is 1.27 bits per heavy atom. The van der Waals surface area contributed by atoms with E-state index in [2.05, 4.69) is 45.7 Å². The van der Waals surface area contributed by atoms with Crippen LogP contribution in [-0.4, -0.2) is 5.78 Å². The zero-order valence-electron chi connectivity index (χ0n) is 8.73. The van der Waals surface area contributed by atoms with E-state index in [9.17, 15) is 4.79 Å². The van der Waals surface area contributed by atoms with E-state index in [1.165, 1.54) is 0 Å². The van der Waals surface area contributed by atoms with Crippen molar-refractivity contribution in [1.82, 2.24) is 0 Å². The van der Waals surface area contributed by atoms with Crippen molar-refractivity contribution in [2.24, 2.45) is 0 Å². The van der Waals surface area contributed by atoms with E-state index in [-0.39, 0.29) is 11.2 Å². The highest BCUT2D eigenvalue weighted by Crippen LogP contribution is 2.42. The lowest BCUT2D eigenvalue weighted by molar-refractivity contribution is 0.0956. The predicted molar refractivity (Wildman–Crippen MR) is 68.4 cm³/mol. The number of fused-ring (bicyclic) bond motifs is 1. The summed E-state index contributed by atoms with van der Waals surface area (Å²) in [4.78, 5) is 11.8. The summed E-state index contributed by atoms with van der Waals surface area (Å²) in [6, 6.07) is 3.95. The third kappa shape index (κ3) is 1.92. The van der Waals surface area contributed by atoms with E-state index in [0.29, 0.717) is 6.42 Å². The molecular weight excluding hydrogens is 320 g/mol. The van der Waals surface area contributed by atoms with Gasteiger partial charge in [-0.05, 0) is 29.5 Å². The Bertz CT molecular complexity index is 435. The number of hydrogen-bond donors (Lipinski definition) is 0. The topological polar surface area (TPSA) is 17.1 Å². The summed E-state index contributed by atoms with van der Waals surface area (Å²) in [5.41, 5.74) is 2.11. The SMILES string of the molecule is CC1(C)CCC(=O)c2cc(Br)cc(Br)c21. The zero-order valence-corrected chi connectivity index (χ0v) is 11.9. The summed E-state index contributed by atoms with van der Waals surface area (Å²) in [6.07, 6.45) is 1.59. The number of benzene rings is 1. The highest BCUT2D eigenvalue weighted by molar-refractivity contribution is 9.11. The van der Waals surface area contributed by atoms with E-state index in [1.807, 2.05) is 12.1 Å². The van der Waals surface area contributed by atoms with Crippen LogP contribution in [0.25, 0.3) is 0 Å². The molecule has 0 atom stereocenters. The minimum absolute atomic E-state index is 0.0861. The van der Waals surface area contributed by atoms with Crippen LogP contribution in [0.3, 0.4) is 0 Å². The third-order valence-corrected chi connectivity index (χ3v) is 4.09. The van der Waals surface area contributed by atoms with E-state index >= 15 is 0 Å². The molecule has 0 radical (unpaired) electrons. The molecule has 1 aliphatic rings. The van der Waals surface area contributed by atoms with Gasteiger partial charge in [0.05, 0.1) is 0 Å². The summed E-state index contributed by atoms with van der Waals surface area (Å²) in [6.45, 7) is 4.38. The molecule has 0 aromatic heterocycles. The first kappa shape index (κ1) is 11.3. The molecule has 1 aliphatic carbocycles. The van der Waals surface area contributed by atoms with E-state index in [4.69, 9.17) is 0 Å². The van der Waals surface area contributed by atoms with E-state index < -0.39 is 0 Å². The Morgan fingerprint density at radius 3 is 2.60 bits per heavy atom. The maximum Gasteiger partial charge on any atom is 0.163 e. The zero-order chi connectivity index (χ0) is 11.2. The van der Waals surface area contributed by atoms with Crippen molar-refractivity contribution < 1.29 is 4.79 Å². The second kappa shape index (κ2) is 3.70. The van der Waals surface area contributed by atoms with Crippen LogP contribution in [0.2, 0.25) is 0 Å². The molecule has 0 amide bonds. The maximum absolute atomic E-state index is 11.8. The number of Topliss-reactive ketones (excluding diaryl/α,β-unsaturated/α-hetero) is 1. The third-order valence-electron chi connectivity index (χ3n) is 3.01. The number of ketones is 1. The fraction of sp³-hybridized carbons (Fsp3) is 0.417. The summed E-state index contributed by atoms with van der Waals surface area (Å²) >= 11 is 6.98. The standard InChI is InChI=1S/C12H12Br2O/c1-12(2)4-3-10(15)8-5-7(13)6-9(14)11(8)12/h5-6H,3-4H2,1-2H3. The molecule has 15 heavy (non-hydrogen) atoms. The van der Waals surface area contributed by atoms with Gasteiger partial charge in [0.25, 0.3) is 0 Å².